The molecule has 9 heavy (non-hydrogen) atoms. The molecule has 0 aliphatic rings. The first-order chi connectivity index (χ1) is 4.16. The van der Waals surface area contributed by atoms with Crippen LogP contribution in [0.25, 0.3) is 0 Å². The van der Waals surface area contributed by atoms with Crippen molar-refractivity contribution in [3.63, 3.8) is 0 Å². The molecule has 0 amide bonds. The van der Waals surface area contributed by atoms with Gasteiger partial charge in [0.25, 0.3) is 0 Å². The molecule has 0 saturated carbocycles. The van der Waals surface area contributed by atoms with Gasteiger partial charge in [0, 0.05) is 5.71 Å². The second-order valence-corrected chi connectivity index (χ2v) is 2.12. The molecular weight excluding hydrogens is 134 g/mol. The van der Waals surface area contributed by atoms with Crippen LogP contribution in [0.5, 0.6) is 0 Å². The van der Waals surface area contributed by atoms with Crippen LogP contribution in [-0.2, 0) is 0 Å². The zero-order valence-corrected chi connectivity index (χ0v) is 6.46. The number of nitrogens with two attached hydrogens (primary N) is 1. The van der Waals surface area contributed by atoms with Crippen molar-refractivity contribution in [2.45, 2.75) is 20.3 Å². The molecule has 0 rings (SSSR count). The summed E-state index contributed by atoms with van der Waals surface area (Å²) >= 11 is 4.52. The van der Waals surface area contributed by atoms with E-state index in [9.17, 15) is 0 Å². The highest BCUT2D eigenvalue weighted by molar-refractivity contribution is 7.80. The van der Waals surface area contributed by atoms with E-state index in [0.717, 1.165) is 12.1 Å². The van der Waals surface area contributed by atoms with Gasteiger partial charge in [-0.25, -0.2) is 0 Å². The maximum atomic E-state index is 5.11. The molecular formula is C5H11N3S. The Hall–Kier alpha value is -0.640. The second-order valence-electron chi connectivity index (χ2n) is 1.68. The minimum absolute atomic E-state index is 0.211. The molecule has 4 heteroatoms. The van der Waals surface area contributed by atoms with E-state index in [4.69, 9.17) is 5.73 Å². The lowest BCUT2D eigenvalue weighted by Gasteiger charge is -1.95. The first-order valence-electron chi connectivity index (χ1n) is 2.75. The van der Waals surface area contributed by atoms with Crippen LogP contribution in [0, 0.1) is 0 Å². The molecule has 0 bridgehead atoms. The Morgan fingerprint density at radius 1 is 1.78 bits per heavy atom. The molecule has 3 N–H and O–H groups in total. The molecule has 0 aliphatic heterocycles. The molecule has 0 saturated heterocycles. The number of nitrogens with one attached hydrogen (secondary N) is 1. The summed E-state index contributed by atoms with van der Waals surface area (Å²) in [6.07, 6.45) is 0.912. The molecule has 0 aromatic rings. The van der Waals surface area contributed by atoms with E-state index in [1.54, 1.807) is 0 Å². The Morgan fingerprint density at radius 3 is 2.67 bits per heavy atom. The van der Waals surface area contributed by atoms with Gasteiger partial charge in [0.15, 0.2) is 5.11 Å². The maximum absolute atomic E-state index is 5.11. The van der Waals surface area contributed by atoms with Crippen LogP contribution >= 0.6 is 12.2 Å². The largest absolute Gasteiger partial charge is 0.375 e. The van der Waals surface area contributed by atoms with Gasteiger partial charge in [-0.2, -0.15) is 5.10 Å². The van der Waals surface area contributed by atoms with Crippen LogP contribution in [0.1, 0.15) is 20.3 Å². The Kier molecular flexibility index (Phi) is 3.96. The average molecular weight is 145 g/mol. The monoisotopic (exact) mass is 145 g/mol. The third-order valence-corrected chi connectivity index (χ3v) is 0.960. The smallest absolute Gasteiger partial charge is 0.184 e. The summed E-state index contributed by atoms with van der Waals surface area (Å²) in [5.74, 6) is 0. The molecule has 0 radical (unpaired) electrons. The van der Waals surface area contributed by atoms with Crippen molar-refractivity contribution in [3.05, 3.63) is 0 Å². The summed E-state index contributed by atoms with van der Waals surface area (Å²) in [7, 11) is 0. The minimum atomic E-state index is 0.211. The lowest BCUT2D eigenvalue weighted by Crippen LogP contribution is -2.24. The average Bonchev–Trinajstić information content (AvgIpc) is 1.83. The van der Waals surface area contributed by atoms with Crippen molar-refractivity contribution in [2.75, 3.05) is 0 Å². The fourth-order valence-corrected chi connectivity index (χ4v) is 0.275. The van der Waals surface area contributed by atoms with Gasteiger partial charge in [0.1, 0.15) is 0 Å². The number of hydrogen-bond acceptors (Lipinski definition) is 2. The van der Waals surface area contributed by atoms with Crippen LogP contribution in [0.2, 0.25) is 0 Å². The van der Waals surface area contributed by atoms with Gasteiger partial charge in [-0.1, -0.05) is 6.92 Å². The molecule has 0 heterocycles. The molecule has 0 unspecified atom stereocenters. The lowest BCUT2D eigenvalue weighted by molar-refractivity contribution is 1.01. The Balaban J connectivity index is 3.56. The van der Waals surface area contributed by atoms with Gasteiger partial charge in [0.05, 0.1) is 0 Å². The van der Waals surface area contributed by atoms with Crippen LogP contribution in [0.15, 0.2) is 5.10 Å². The topological polar surface area (TPSA) is 50.4 Å². The van der Waals surface area contributed by atoms with E-state index < -0.39 is 0 Å². The molecule has 3 nitrogen and oxygen atoms in total. The number of nitrogens with zero attached hydrogens (tertiary/aromatic N) is 1. The first-order valence-corrected chi connectivity index (χ1v) is 3.16. The van der Waals surface area contributed by atoms with Crippen LogP contribution < -0.4 is 11.2 Å². The van der Waals surface area contributed by atoms with Crippen LogP contribution in [-0.4, -0.2) is 10.8 Å². The lowest BCUT2D eigenvalue weighted by atomic mass is 10.3. The predicted molar refractivity (Wildman–Crippen MR) is 43.3 cm³/mol. The summed E-state index contributed by atoms with van der Waals surface area (Å²) in [6, 6.07) is 0. The fraction of sp³-hybridized carbons (Fsp3) is 0.600. The van der Waals surface area contributed by atoms with Crippen LogP contribution in [0.3, 0.4) is 0 Å². The Bertz CT molecular complexity index is 130. The standard InChI is InChI=1S/C5H11N3S/c1-3-4(2)7-8-5(6)9/h3H2,1-2H3,(H3,6,8,9)/b7-4+. The van der Waals surface area contributed by atoms with Crippen molar-refractivity contribution in [1.29, 1.82) is 0 Å². The SMILES string of the molecule is CC/C(C)=N/NC(N)=S. The second kappa shape index (κ2) is 4.26. The molecule has 0 atom stereocenters. The van der Waals surface area contributed by atoms with E-state index >= 15 is 0 Å². The highest BCUT2D eigenvalue weighted by atomic mass is 32.1. The Morgan fingerprint density at radius 2 is 2.33 bits per heavy atom. The molecule has 0 spiro atoms. The molecule has 0 aliphatic carbocycles. The van der Waals surface area contributed by atoms with Gasteiger partial charge in [-0.15, -0.1) is 0 Å². The molecule has 0 aromatic heterocycles. The van der Waals surface area contributed by atoms with E-state index in [1.165, 1.54) is 0 Å². The van der Waals surface area contributed by atoms with E-state index in [1.807, 2.05) is 13.8 Å². The van der Waals surface area contributed by atoms with Crippen molar-refractivity contribution in [3.8, 4) is 0 Å². The minimum Gasteiger partial charge on any atom is -0.375 e. The highest BCUT2D eigenvalue weighted by Gasteiger charge is 1.83. The third kappa shape index (κ3) is 5.23. The maximum Gasteiger partial charge on any atom is 0.184 e. The number of rotatable bonds is 2. The van der Waals surface area contributed by atoms with Crippen molar-refractivity contribution < 1.29 is 0 Å². The molecule has 0 aromatic carbocycles. The van der Waals surface area contributed by atoms with Gasteiger partial charge in [0.2, 0.25) is 0 Å². The first kappa shape index (κ1) is 8.36. The van der Waals surface area contributed by atoms with Gasteiger partial charge < -0.3 is 5.73 Å². The van der Waals surface area contributed by atoms with Gasteiger partial charge >= 0.3 is 0 Å². The van der Waals surface area contributed by atoms with Crippen molar-refractivity contribution in [2.24, 2.45) is 10.8 Å². The Labute approximate surface area is 60.3 Å². The summed E-state index contributed by atoms with van der Waals surface area (Å²) in [4.78, 5) is 0. The summed E-state index contributed by atoms with van der Waals surface area (Å²) < 4.78 is 0. The number of thiocarbonyl (C=S) groups is 1. The van der Waals surface area contributed by atoms with E-state index in [-0.39, 0.29) is 5.11 Å². The van der Waals surface area contributed by atoms with Crippen molar-refractivity contribution in [1.82, 2.24) is 5.43 Å². The molecule has 52 valence electrons. The summed E-state index contributed by atoms with van der Waals surface area (Å²) in [5, 5.41) is 4.05. The van der Waals surface area contributed by atoms with E-state index in [0.29, 0.717) is 0 Å². The normalized spacial score (nSPS) is 11.1. The third-order valence-electron chi connectivity index (χ3n) is 0.869. The van der Waals surface area contributed by atoms with E-state index in [2.05, 4.69) is 22.7 Å². The van der Waals surface area contributed by atoms with Gasteiger partial charge in [-0.3, -0.25) is 5.43 Å². The van der Waals surface area contributed by atoms with Crippen LogP contribution in [0.4, 0.5) is 0 Å². The summed E-state index contributed by atoms with van der Waals surface area (Å²) in [6.45, 7) is 3.92. The zero-order valence-electron chi connectivity index (χ0n) is 5.64. The van der Waals surface area contributed by atoms with Gasteiger partial charge in [-0.05, 0) is 25.6 Å². The molecule has 0 fully saturated rings. The number of hydrazone groups is 1. The highest BCUT2D eigenvalue weighted by Crippen LogP contribution is 1.79. The quantitative estimate of drug-likeness (QED) is 0.340. The zero-order chi connectivity index (χ0) is 7.28. The number of hydrogen-bond donors (Lipinski definition) is 2. The van der Waals surface area contributed by atoms with Crippen molar-refractivity contribution >= 4 is 23.0 Å². The fourth-order valence-electron chi connectivity index (χ4n) is 0.230. The summed E-state index contributed by atoms with van der Waals surface area (Å²) in [5.41, 5.74) is 8.59. The predicted octanol–water partition coefficient (Wildman–Crippen LogP) is 0.606.